The van der Waals surface area contributed by atoms with Gasteiger partial charge in [0.05, 0.1) is 34.2 Å². The highest BCUT2D eigenvalue weighted by Gasteiger charge is 2.46. The molecule has 9 rings (SSSR count). The Labute approximate surface area is 314 Å². The number of nitrogens with one attached hydrogen (secondary N) is 2. The van der Waals surface area contributed by atoms with E-state index in [1.54, 1.807) is 12.1 Å². The third-order valence-electron chi connectivity index (χ3n) is 12.5. The van der Waals surface area contributed by atoms with E-state index >= 15 is 0 Å². The lowest BCUT2D eigenvalue weighted by atomic mass is 9.91. The number of para-hydroxylation sites is 1. The van der Waals surface area contributed by atoms with Crippen LogP contribution in [0.4, 0.5) is 17.2 Å². The molecule has 6 aliphatic heterocycles. The Bertz CT molecular complexity index is 1970. The van der Waals surface area contributed by atoms with E-state index in [2.05, 4.69) is 46.5 Å². The zero-order valence-corrected chi connectivity index (χ0v) is 30.5. The number of likely N-dealkylation sites (tertiary alicyclic amines) is 1. The second-order valence-corrected chi connectivity index (χ2v) is 15.8. The Kier molecular flexibility index (Phi) is 9.18. The summed E-state index contributed by atoms with van der Waals surface area (Å²) in [4.78, 5) is 62.2. The third kappa shape index (κ3) is 6.44. The van der Waals surface area contributed by atoms with Crippen molar-refractivity contribution in [3.05, 3.63) is 59.7 Å². The zero-order chi connectivity index (χ0) is 36.9. The number of carbonyl (C=O) groups excluding carboxylic acids is 4. The van der Waals surface area contributed by atoms with Gasteiger partial charge in [0.2, 0.25) is 11.8 Å². The van der Waals surface area contributed by atoms with Crippen LogP contribution in [0.1, 0.15) is 59.2 Å². The van der Waals surface area contributed by atoms with E-state index in [1.807, 2.05) is 30.3 Å². The Morgan fingerprint density at radius 2 is 1.48 bits per heavy atom. The van der Waals surface area contributed by atoms with Crippen molar-refractivity contribution in [3.8, 4) is 17.0 Å². The molecule has 1 unspecified atom stereocenters. The molecule has 2 atom stereocenters. The van der Waals surface area contributed by atoms with Crippen LogP contribution in [0.5, 0.6) is 5.75 Å². The summed E-state index contributed by atoms with van der Waals surface area (Å²) >= 11 is 0. The predicted octanol–water partition coefficient (Wildman–Crippen LogP) is 2.80. The number of aromatic hydroxyl groups is 1. The number of fused-ring (bicyclic) bond motifs is 4. The molecule has 0 bridgehead atoms. The van der Waals surface area contributed by atoms with Crippen LogP contribution >= 0.6 is 0 Å². The number of hydrogen-bond donors (Lipinski definition) is 3. The van der Waals surface area contributed by atoms with E-state index in [4.69, 9.17) is 0 Å². The average molecular weight is 734 g/mol. The van der Waals surface area contributed by atoms with Gasteiger partial charge in [-0.3, -0.25) is 34.3 Å². The van der Waals surface area contributed by atoms with E-state index in [9.17, 15) is 24.3 Å². The molecular weight excluding hydrogens is 686 g/mol. The number of anilines is 3. The van der Waals surface area contributed by atoms with E-state index < -0.39 is 23.8 Å². The van der Waals surface area contributed by atoms with Crippen molar-refractivity contribution in [1.29, 1.82) is 0 Å². The molecule has 0 radical (unpaired) electrons. The van der Waals surface area contributed by atoms with Gasteiger partial charge in [-0.1, -0.05) is 18.2 Å². The number of piperazine rings is 1. The number of phenols is 1. The van der Waals surface area contributed by atoms with E-state index in [-0.39, 0.29) is 24.5 Å². The lowest BCUT2D eigenvalue weighted by molar-refractivity contribution is -0.136. The van der Waals surface area contributed by atoms with Crippen LogP contribution in [0.15, 0.2) is 48.5 Å². The topological polar surface area (TPSA) is 155 Å². The summed E-state index contributed by atoms with van der Waals surface area (Å²) in [5, 5.41) is 25.0. The summed E-state index contributed by atoms with van der Waals surface area (Å²) in [6.45, 7) is 9.90. The van der Waals surface area contributed by atoms with E-state index in [0.717, 1.165) is 100 Å². The first-order valence-corrected chi connectivity index (χ1v) is 19.5. The van der Waals surface area contributed by atoms with Crippen molar-refractivity contribution < 1.29 is 24.3 Å². The van der Waals surface area contributed by atoms with Gasteiger partial charge in [0, 0.05) is 64.3 Å². The molecule has 14 heteroatoms. The maximum Gasteiger partial charge on any atom is 0.264 e. The number of phenolic OH excluding ortho intramolecular Hbond substituents is 1. The Morgan fingerprint density at radius 3 is 2.26 bits per heavy atom. The van der Waals surface area contributed by atoms with Crippen LogP contribution in [0, 0.1) is 11.8 Å². The van der Waals surface area contributed by atoms with Crippen molar-refractivity contribution in [1.82, 2.24) is 30.2 Å². The number of nitrogens with zero attached hydrogens (tertiary/aromatic N) is 7. The molecule has 3 aromatic rings. The van der Waals surface area contributed by atoms with Crippen LogP contribution in [-0.4, -0.2) is 131 Å². The first kappa shape index (κ1) is 34.7. The maximum absolute atomic E-state index is 13.6. The summed E-state index contributed by atoms with van der Waals surface area (Å²) in [6, 6.07) is 14.1. The van der Waals surface area contributed by atoms with Crippen LogP contribution in [-0.2, 0) is 9.59 Å². The van der Waals surface area contributed by atoms with Crippen molar-refractivity contribution in [2.24, 2.45) is 11.8 Å². The molecule has 0 spiro atoms. The summed E-state index contributed by atoms with van der Waals surface area (Å²) in [5.41, 5.74) is 3.92. The van der Waals surface area contributed by atoms with Crippen LogP contribution in [0.3, 0.4) is 0 Å². The lowest BCUT2D eigenvalue weighted by Crippen LogP contribution is -2.58. The molecule has 0 saturated carbocycles. The number of piperidine rings is 3. The van der Waals surface area contributed by atoms with Crippen molar-refractivity contribution in [2.45, 2.75) is 50.6 Å². The Morgan fingerprint density at radius 1 is 0.741 bits per heavy atom. The number of amides is 4. The molecule has 282 valence electrons. The quantitative estimate of drug-likeness (QED) is 0.306. The predicted molar refractivity (Wildman–Crippen MR) is 202 cm³/mol. The Hall–Kier alpha value is -5.08. The molecule has 6 aliphatic rings. The number of rotatable bonds is 7. The van der Waals surface area contributed by atoms with Crippen LogP contribution < -0.4 is 20.4 Å². The van der Waals surface area contributed by atoms with Gasteiger partial charge in [-0.15, -0.1) is 10.2 Å². The van der Waals surface area contributed by atoms with Gasteiger partial charge in [-0.25, -0.2) is 0 Å². The minimum Gasteiger partial charge on any atom is -0.507 e. The summed E-state index contributed by atoms with van der Waals surface area (Å²) in [5.74, 6) is 0.427. The zero-order valence-electron chi connectivity index (χ0n) is 30.5. The molecule has 4 saturated heterocycles. The first-order chi connectivity index (χ1) is 26.3. The van der Waals surface area contributed by atoms with E-state index in [1.165, 1.54) is 12.8 Å². The van der Waals surface area contributed by atoms with Crippen molar-refractivity contribution >= 4 is 40.8 Å². The molecule has 4 fully saturated rings. The van der Waals surface area contributed by atoms with Gasteiger partial charge < -0.3 is 25.1 Å². The van der Waals surface area contributed by atoms with Crippen molar-refractivity contribution in [3.63, 3.8) is 0 Å². The molecule has 4 amide bonds. The fourth-order valence-electron chi connectivity index (χ4n) is 9.54. The number of benzene rings is 2. The van der Waals surface area contributed by atoms with Gasteiger partial charge in [0.25, 0.3) is 11.8 Å². The fourth-order valence-corrected chi connectivity index (χ4v) is 9.54. The molecule has 7 heterocycles. The minimum absolute atomic E-state index is 0.106. The largest absolute Gasteiger partial charge is 0.507 e. The summed E-state index contributed by atoms with van der Waals surface area (Å²) in [6.07, 6.45) is 4.71. The smallest absolute Gasteiger partial charge is 0.264 e. The second kappa shape index (κ2) is 14.3. The number of imide groups is 2. The SMILES string of the molecule is O=C1CCC(N2C(=O)c3cccc(N4CCC(CN5CCC(CN6CCN7c8cc(-c9ccccc9O)nnc8NC[C@H]7C6)CC5)CC4)c3C2=O)C(=O)N1. The minimum atomic E-state index is -0.960. The molecule has 0 aliphatic carbocycles. The first-order valence-electron chi connectivity index (χ1n) is 19.5. The normalized spacial score (nSPS) is 24.3. The average Bonchev–Trinajstić information content (AvgIpc) is 3.44. The Balaban J connectivity index is 0.746. The van der Waals surface area contributed by atoms with Gasteiger partial charge in [0.15, 0.2) is 5.82 Å². The highest BCUT2D eigenvalue weighted by molar-refractivity contribution is 6.25. The van der Waals surface area contributed by atoms with Crippen molar-refractivity contribution in [2.75, 3.05) is 80.6 Å². The lowest BCUT2D eigenvalue weighted by Gasteiger charge is -2.47. The number of carbonyl (C=O) groups is 4. The molecule has 3 N–H and O–H groups in total. The molecule has 1 aromatic heterocycles. The van der Waals surface area contributed by atoms with Crippen LogP contribution in [0.25, 0.3) is 11.3 Å². The second-order valence-electron chi connectivity index (χ2n) is 15.8. The number of aromatic nitrogens is 2. The van der Waals surface area contributed by atoms with Crippen LogP contribution in [0.2, 0.25) is 0 Å². The molecule has 14 nitrogen and oxygen atoms in total. The summed E-state index contributed by atoms with van der Waals surface area (Å²) < 4.78 is 0. The highest BCUT2D eigenvalue weighted by Crippen LogP contribution is 2.38. The van der Waals surface area contributed by atoms with E-state index in [0.29, 0.717) is 40.3 Å². The highest BCUT2D eigenvalue weighted by atomic mass is 16.3. The number of hydrogen-bond acceptors (Lipinski definition) is 12. The fraction of sp³-hybridized carbons (Fsp3) is 0.500. The van der Waals surface area contributed by atoms with Gasteiger partial charge in [-0.05, 0) is 87.4 Å². The van der Waals surface area contributed by atoms with Gasteiger partial charge in [-0.2, -0.15) is 0 Å². The molecule has 2 aromatic carbocycles. The monoisotopic (exact) mass is 733 g/mol. The van der Waals surface area contributed by atoms with Gasteiger partial charge >= 0.3 is 0 Å². The maximum atomic E-state index is 13.6. The standard InChI is InChI=1S/C40H47N9O5/c50-34-7-2-1-4-28(34)30-20-33-37(44-43-30)41-21-27-24-46(18-19-48(27)33)23-25-10-14-45(15-11-25)22-26-12-16-47(17-13-26)31-6-3-5-29-36(31)40(54)49(39(29)53)32-8-9-35(51)42-38(32)52/h1-7,20,25-27,32,50H,8-19,21-24H2,(H,41,44)(H,42,51,52)/t27-,32?/m0/s1. The van der Waals surface area contributed by atoms with Gasteiger partial charge in [0.1, 0.15) is 11.8 Å². The molecule has 54 heavy (non-hydrogen) atoms. The third-order valence-corrected chi connectivity index (χ3v) is 12.5. The summed E-state index contributed by atoms with van der Waals surface area (Å²) in [7, 11) is 0. The molecular formula is C40H47N9O5.